The quantitative estimate of drug-likeness (QED) is 0.185. The lowest BCUT2D eigenvalue weighted by molar-refractivity contribution is -0.117. The highest BCUT2D eigenvalue weighted by atomic mass is 32.3. The van der Waals surface area contributed by atoms with E-state index < -0.39 is 21.8 Å². The molecule has 2 aromatic heterocycles. The summed E-state index contributed by atoms with van der Waals surface area (Å²) in [6, 6.07) is 12.2. The molecule has 0 radical (unpaired) electrons. The van der Waals surface area contributed by atoms with Gasteiger partial charge in [0, 0.05) is 45.0 Å². The van der Waals surface area contributed by atoms with E-state index in [1.807, 2.05) is 30.3 Å². The zero-order valence-corrected chi connectivity index (χ0v) is 21.1. The van der Waals surface area contributed by atoms with Gasteiger partial charge in [-0.25, -0.2) is 14.2 Å². The molecule has 11 heteroatoms. The van der Waals surface area contributed by atoms with Crippen molar-refractivity contribution >= 4 is 33.3 Å². The first-order valence-electron chi connectivity index (χ1n) is 11.6. The van der Waals surface area contributed by atoms with Crippen LogP contribution in [0.25, 0.3) is 16.9 Å². The van der Waals surface area contributed by atoms with Crippen LogP contribution in [-0.2, 0) is 34.0 Å². The fourth-order valence-electron chi connectivity index (χ4n) is 4.54. The summed E-state index contributed by atoms with van der Waals surface area (Å²) < 4.78 is 12.0. The predicted octanol–water partition coefficient (Wildman–Crippen LogP) is 2.02. The molecule has 10 nitrogen and oxygen atoms in total. The fourth-order valence-corrected chi connectivity index (χ4v) is 5.26. The molecular formula is C26H28N7O3S+. The van der Waals surface area contributed by atoms with Crippen molar-refractivity contribution in [1.82, 2.24) is 19.7 Å². The van der Waals surface area contributed by atoms with Gasteiger partial charge < -0.3 is 21.8 Å². The number of nitrogens with zero attached hydrogens (tertiary/aromatic N) is 3. The molecule has 190 valence electrons. The van der Waals surface area contributed by atoms with Crippen molar-refractivity contribution in [2.75, 3.05) is 11.6 Å². The number of H-pyrrole nitrogens is 1. The normalized spacial score (nSPS) is 14.8. The van der Waals surface area contributed by atoms with Crippen molar-refractivity contribution < 1.29 is 14.1 Å². The molecule has 1 aliphatic rings. The molecule has 5 rings (SSSR count). The smallest absolute Gasteiger partial charge is 0.269 e. The number of aromatic nitrogens is 4. The first-order valence-corrected chi connectivity index (χ1v) is 13.8. The van der Waals surface area contributed by atoms with E-state index >= 15 is 0 Å². The Morgan fingerprint density at radius 3 is 2.65 bits per heavy atom. The molecule has 4 aromatic rings. The molecule has 2 heterocycles. The molecule has 2 atom stereocenters. The number of carbonyl (C=O) groups excluding carboxylic acids is 2. The summed E-state index contributed by atoms with van der Waals surface area (Å²) in [5, 5.41) is 7.46. The van der Waals surface area contributed by atoms with Gasteiger partial charge in [0.1, 0.15) is 4.90 Å². The summed E-state index contributed by atoms with van der Waals surface area (Å²) in [6.45, 7) is 0. The number of hydrogen-bond acceptors (Lipinski definition) is 6. The van der Waals surface area contributed by atoms with Gasteiger partial charge in [-0.3, -0.25) is 9.59 Å². The monoisotopic (exact) mass is 518 g/mol. The van der Waals surface area contributed by atoms with Crippen molar-refractivity contribution in [3.05, 3.63) is 77.5 Å². The largest absolute Gasteiger partial charge is 0.364 e. The minimum absolute atomic E-state index is 0.218. The predicted molar refractivity (Wildman–Crippen MR) is 145 cm³/mol. The minimum atomic E-state index is -2.13. The SMILES string of the molecule is C=[S+](C)(O)c1ccc(-n2nc(C(N)=O)c3c2-c2cc(NC(=O)[C@@H](N)Cc4cnc[nH]4)ccc2CC3)cc1. The molecule has 1 unspecified atom stereocenters. The number of nitrogens with two attached hydrogens (primary N) is 2. The average molecular weight is 519 g/mol. The molecule has 0 spiro atoms. The number of imidazole rings is 1. The summed E-state index contributed by atoms with van der Waals surface area (Å²) in [6.07, 6.45) is 6.51. The highest BCUT2D eigenvalue weighted by Gasteiger charge is 2.29. The Balaban J connectivity index is 1.52. The van der Waals surface area contributed by atoms with Gasteiger partial charge in [0.25, 0.3) is 5.91 Å². The van der Waals surface area contributed by atoms with E-state index in [2.05, 4.69) is 26.3 Å². The Morgan fingerprint density at radius 1 is 1.24 bits per heavy atom. The number of benzene rings is 2. The molecule has 0 fully saturated rings. The van der Waals surface area contributed by atoms with E-state index in [1.165, 1.54) is 0 Å². The maximum atomic E-state index is 12.8. The van der Waals surface area contributed by atoms with Crippen LogP contribution in [0.4, 0.5) is 5.69 Å². The highest BCUT2D eigenvalue weighted by molar-refractivity contribution is 8.05. The molecule has 2 amide bonds. The molecule has 0 bridgehead atoms. The first kappa shape index (κ1) is 24.6. The number of anilines is 1. The summed E-state index contributed by atoms with van der Waals surface area (Å²) >= 11 is 0. The van der Waals surface area contributed by atoms with Crippen LogP contribution in [0.15, 0.2) is 59.9 Å². The van der Waals surface area contributed by atoms with Gasteiger partial charge >= 0.3 is 0 Å². The van der Waals surface area contributed by atoms with Crippen LogP contribution >= 0.6 is 0 Å². The Kier molecular flexibility index (Phi) is 6.28. The maximum Gasteiger partial charge on any atom is 0.269 e. The van der Waals surface area contributed by atoms with Gasteiger partial charge in [0.2, 0.25) is 5.91 Å². The van der Waals surface area contributed by atoms with E-state index in [4.69, 9.17) is 11.5 Å². The molecule has 0 aliphatic heterocycles. The third kappa shape index (κ3) is 4.84. The van der Waals surface area contributed by atoms with Gasteiger partial charge in [-0.15, -0.1) is 0 Å². The van der Waals surface area contributed by atoms with E-state index in [0.717, 1.165) is 33.0 Å². The summed E-state index contributed by atoms with van der Waals surface area (Å²) in [4.78, 5) is 32.7. The van der Waals surface area contributed by atoms with Gasteiger partial charge in [-0.2, -0.15) is 5.10 Å². The first-order chi connectivity index (χ1) is 17.6. The van der Waals surface area contributed by atoms with E-state index in [1.54, 1.807) is 35.6 Å². The summed E-state index contributed by atoms with van der Waals surface area (Å²) in [7, 11) is -2.13. The van der Waals surface area contributed by atoms with Gasteiger partial charge in [-0.1, -0.05) is 6.07 Å². The van der Waals surface area contributed by atoms with Crippen LogP contribution < -0.4 is 16.8 Å². The lowest BCUT2D eigenvalue weighted by atomic mass is 9.88. The van der Waals surface area contributed by atoms with Crippen molar-refractivity contribution in [1.29, 1.82) is 0 Å². The average Bonchev–Trinajstić information content (AvgIpc) is 3.51. The standard InChI is InChI=1S/C26H27N7O3S/c1-37(2,36)19-8-6-18(7-9-19)33-24-20(23(32-33)25(28)34)10-4-15-3-5-16(11-21(15)24)31-26(35)22(27)12-17-13-29-14-30-17/h3,5-9,11,13-14,22H,1,4,10,12,27H2,2H3,(H4-,28,29,30,31,34,35,36)/p+1/t22-,37?/m0/s1. The van der Waals surface area contributed by atoms with Crippen LogP contribution in [0, 0.1) is 0 Å². The van der Waals surface area contributed by atoms with E-state index in [9.17, 15) is 14.1 Å². The van der Waals surface area contributed by atoms with Crippen molar-refractivity contribution in [2.24, 2.45) is 11.5 Å². The number of rotatable bonds is 7. The highest BCUT2D eigenvalue weighted by Crippen LogP contribution is 2.38. The van der Waals surface area contributed by atoms with E-state index in [-0.39, 0.29) is 11.6 Å². The second-order valence-electron chi connectivity index (χ2n) is 9.23. The lowest BCUT2D eigenvalue weighted by Crippen LogP contribution is -2.37. The fraction of sp³-hybridized carbons (Fsp3) is 0.192. The minimum Gasteiger partial charge on any atom is -0.364 e. The number of amides is 2. The molecule has 7 N–H and O–H groups in total. The Hall–Kier alpha value is -4.06. The third-order valence-corrected chi connectivity index (χ3v) is 7.70. The van der Waals surface area contributed by atoms with Crippen LogP contribution in [-0.4, -0.2) is 54.3 Å². The number of nitrogens with one attached hydrogen (secondary N) is 2. The van der Waals surface area contributed by atoms with Crippen molar-refractivity contribution in [3.63, 3.8) is 0 Å². The van der Waals surface area contributed by atoms with Gasteiger partial charge in [-0.05, 0) is 54.8 Å². The van der Waals surface area contributed by atoms with Gasteiger partial charge in [0.15, 0.2) is 5.69 Å². The Bertz CT molecular complexity index is 1540. The molecule has 0 saturated heterocycles. The molecule has 37 heavy (non-hydrogen) atoms. The van der Waals surface area contributed by atoms with E-state index in [0.29, 0.717) is 30.6 Å². The second-order valence-corrected chi connectivity index (χ2v) is 11.8. The summed E-state index contributed by atoms with van der Waals surface area (Å²) in [5.41, 5.74) is 17.5. The number of fused-ring (bicyclic) bond motifs is 3. The molecule has 0 saturated carbocycles. The van der Waals surface area contributed by atoms with Crippen LogP contribution in [0.3, 0.4) is 0 Å². The van der Waals surface area contributed by atoms with Crippen LogP contribution in [0.5, 0.6) is 0 Å². The molecule has 2 aromatic carbocycles. The Labute approximate surface area is 214 Å². The summed E-state index contributed by atoms with van der Waals surface area (Å²) in [5.74, 6) is 2.92. The number of hydrogen-bond donors (Lipinski definition) is 5. The molecule has 1 aliphatic carbocycles. The van der Waals surface area contributed by atoms with Crippen molar-refractivity contribution in [2.45, 2.75) is 30.2 Å². The lowest BCUT2D eigenvalue weighted by Gasteiger charge is -2.20. The zero-order valence-electron chi connectivity index (χ0n) is 20.3. The maximum absolute atomic E-state index is 12.8. The number of aryl methyl sites for hydroxylation is 1. The van der Waals surface area contributed by atoms with Crippen molar-refractivity contribution in [3.8, 4) is 16.9 Å². The topological polar surface area (TPSA) is 165 Å². The number of aromatic amines is 1. The van der Waals surface area contributed by atoms with Gasteiger partial charge in [0.05, 0.1) is 35.9 Å². The van der Waals surface area contributed by atoms with Crippen LogP contribution in [0.2, 0.25) is 0 Å². The number of primary amides is 1. The van der Waals surface area contributed by atoms with Crippen LogP contribution in [0.1, 0.15) is 27.3 Å². The Morgan fingerprint density at radius 2 is 2.00 bits per heavy atom. The zero-order chi connectivity index (χ0) is 26.3. The number of carbonyl (C=O) groups is 2. The molecular weight excluding hydrogens is 490 g/mol. The second kappa shape index (κ2) is 9.43. The third-order valence-electron chi connectivity index (χ3n) is 6.41.